The van der Waals surface area contributed by atoms with E-state index in [0.717, 1.165) is 31.5 Å². The van der Waals surface area contributed by atoms with Gasteiger partial charge in [0.2, 0.25) is 17.6 Å². The van der Waals surface area contributed by atoms with Gasteiger partial charge in [0.05, 0.1) is 18.7 Å². The van der Waals surface area contributed by atoms with Crippen LogP contribution in [0.15, 0.2) is 56.0 Å². The Hall–Kier alpha value is -3.33. The first-order valence-electron chi connectivity index (χ1n) is 9.43. The first kappa shape index (κ1) is 17.7. The molecule has 0 N–H and O–H groups in total. The van der Waals surface area contributed by atoms with Crippen LogP contribution in [0.5, 0.6) is 0 Å². The van der Waals surface area contributed by atoms with Crippen molar-refractivity contribution in [1.82, 2.24) is 25.2 Å². The molecule has 9 heteroatoms. The number of piperidine rings is 1. The van der Waals surface area contributed by atoms with Crippen LogP contribution in [0, 0.1) is 5.82 Å². The molecule has 1 saturated heterocycles. The van der Waals surface area contributed by atoms with E-state index < -0.39 is 0 Å². The largest absolute Gasteiger partial charge is 0.459 e. The molecule has 1 atom stereocenters. The Labute approximate surface area is 165 Å². The fraction of sp³-hybridized carbons (Fsp3) is 0.300. The van der Waals surface area contributed by atoms with E-state index in [-0.39, 0.29) is 11.7 Å². The summed E-state index contributed by atoms with van der Waals surface area (Å²) in [5.41, 5.74) is 0.727. The molecule has 4 heterocycles. The van der Waals surface area contributed by atoms with Crippen molar-refractivity contribution >= 4 is 0 Å². The molecule has 1 aliphatic heterocycles. The molecule has 148 valence electrons. The molecule has 0 amide bonds. The maximum absolute atomic E-state index is 13.1. The molecule has 1 aromatic carbocycles. The minimum atomic E-state index is -0.295. The molecule has 1 aliphatic rings. The van der Waals surface area contributed by atoms with Gasteiger partial charge in [0.25, 0.3) is 5.89 Å². The van der Waals surface area contributed by atoms with Crippen molar-refractivity contribution in [3.8, 4) is 23.0 Å². The average molecular weight is 395 g/mol. The molecular formula is C20H18FN5O3. The van der Waals surface area contributed by atoms with E-state index >= 15 is 0 Å². The molecule has 4 aromatic rings. The number of rotatable bonds is 5. The second kappa shape index (κ2) is 7.59. The van der Waals surface area contributed by atoms with Gasteiger partial charge in [-0.3, -0.25) is 4.90 Å². The van der Waals surface area contributed by atoms with E-state index in [1.165, 1.54) is 12.1 Å². The van der Waals surface area contributed by atoms with Gasteiger partial charge >= 0.3 is 0 Å². The number of hydrogen-bond acceptors (Lipinski definition) is 8. The number of aromatic nitrogens is 4. The van der Waals surface area contributed by atoms with Gasteiger partial charge in [-0.05, 0) is 55.8 Å². The van der Waals surface area contributed by atoms with Crippen LogP contribution in [0.3, 0.4) is 0 Å². The summed E-state index contributed by atoms with van der Waals surface area (Å²) in [6.45, 7) is 2.22. The molecule has 29 heavy (non-hydrogen) atoms. The summed E-state index contributed by atoms with van der Waals surface area (Å²) < 4.78 is 29.6. The Morgan fingerprint density at radius 2 is 2.03 bits per heavy atom. The zero-order valence-corrected chi connectivity index (χ0v) is 15.5. The summed E-state index contributed by atoms with van der Waals surface area (Å²) in [6, 6.07) is 9.61. The number of benzene rings is 1. The summed E-state index contributed by atoms with van der Waals surface area (Å²) >= 11 is 0. The average Bonchev–Trinajstić information content (AvgIpc) is 3.50. The highest BCUT2D eigenvalue weighted by molar-refractivity contribution is 5.53. The van der Waals surface area contributed by atoms with E-state index in [4.69, 9.17) is 13.4 Å². The minimum Gasteiger partial charge on any atom is -0.459 e. The molecule has 0 bridgehead atoms. The normalized spacial score (nSPS) is 17.6. The van der Waals surface area contributed by atoms with Crippen molar-refractivity contribution in [3.05, 3.63) is 60.3 Å². The summed E-state index contributed by atoms with van der Waals surface area (Å²) in [5, 5.41) is 12.2. The predicted molar refractivity (Wildman–Crippen MR) is 98.9 cm³/mol. The van der Waals surface area contributed by atoms with Crippen LogP contribution >= 0.6 is 0 Å². The second-order valence-electron chi connectivity index (χ2n) is 7.02. The molecule has 1 unspecified atom stereocenters. The van der Waals surface area contributed by atoms with Gasteiger partial charge in [-0.2, -0.15) is 4.98 Å². The van der Waals surface area contributed by atoms with Crippen molar-refractivity contribution < 1.29 is 17.7 Å². The first-order valence-corrected chi connectivity index (χ1v) is 9.43. The number of likely N-dealkylation sites (tertiary alicyclic amines) is 1. The van der Waals surface area contributed by atoms with Crippen molar-refractivity contribution in [2.75, 3.05) is 13.1 Å². The zero-order valence-electron chi connectivity index (χ0n) is 15.5. The van der Waals surface area contributed by atoms with Gasteiger partial charge < -0.3 is 13.4 Å². The quantitative estimate of drug-likeness (QED) is 0.502. The van der Waals surface area contributed by atoms with Crippen LogP contribution in [0.1, 0.15) is 30.5 Å². The third-order valence-corrected chi connectivity index (χ3v) is 4.96. The summed E-state index contributed by atoms with van der Waals surface area (Å²) in [7, 11) is 0. The molecular weight excluding hydrogens is 377 g/mol. The number of halogens is 1. The fourth-order valence-corrected chi connectivity index (χ4v) is 3.53. The van der Waals surface area contributed by atoms with E-state index in [1.54, 1.807) is 30.5 Å². The third kappa shape index (κ3) is 3.81. The van der Waals surface area contributed by atoms with Crippen molar-refractivity contribution in [3.63, 3.8) is 0 Å². The van der Waals surface area contributed by atoms with E-state index in [1.807, 2.05) is 0 Å². The predicted octanol–water partition coefficient (Wildman–Crippen LogP) is 3.90. The standard InChI is InChI=1S/C20H18FN5O3/c21-15-7-5-13(6-8-15)18-22-19(29-25-18)14-3-1-9-26(11-14)12-17-23-24-20(28-17)16-4-2-10-27-16/h2,4-8,10,14H,1,3,9,11-12H2. The smallest absolute Gasteiger partial charge is 0.283 e. The van der Waals surface area contributed by atoms with E-state index in [2.05, 4.69) is 25.2 Å². The van der Waals surface area contributed by atoms with E-state index in [9.17, 15) is 4.39 Å². The lowest BCUT2D eigenvalue weighted by atomic mass is 9.98. The van der Waals surface area contributed by atoms with Crippen LogP contribution < -0.4 is 0 Å². The Morgan fingerprint density at radius 1 is 1.14 bits per heavy atom. The highest BCUT2D eigenvalue weighted by atomic mass is 19.1. The van der Waals surface area contributed by atoms with Gasteiger partial charge in [0.1, 0.15) is 5.82 Å². The maximum Gasteiger partial charge on any atom is 0.283 e. The summed E-state index contributed by atoms with van der Waals surface area (Å²) in [6.07, 6.45) is 3.53. The number of furan rings is 1. The molecule has 0 radical (unpaired) electrons. The van der Waals surface area contributed by atoms with Crippen LogP contribution in [0.25, 0.3) is 23.0 Å². The molecule has 0 saturated carbocycles. The number of hydrogen-bond donors (Lipinski definition) is 0. The first-order chi connectivity index (χ1) is 14.2. The lowest BCUT2D eigenvalue weighted by molar-refractivity contribution is 0.167. The molecule has 5 rings (SSSR count). The van der Waals surface area contributed by atoms with Crippen LogP contribution in [0.2, 0.25) is 0 Å². The fourth-order valence-electron chi connectivity index (χ4n) is 3.53. The maximum atomic E-state index is 13.1. The van der Waals surface area contributed by atoms with Crippen molar-refractivity contribution in [2.45, 2.75) is 25.3 Å². The molecule has 0 spiro atoms. The summed E-state index contributed by atoms with van der Waals surface area (Å²) in [5.74, 6) is 2.36. The van der Waals surface area contributed by atoms with Crippen LogP contribution in [-0.4, -0.2) is 38.3 Å². The SMILES string of the molecule is Fc1ccc(-c2noc(C3CCCN(Cc4nnc(-c5ccco5)o4)C3)n2)cc1. The van der Waals surface area contributed by atoms with Gasteiger partial charge in [-0.1, -0.05) is 5.16 Å². The van der Waals surface area contributed by atoms with Gasteiger partial charge in [0.15, 0.2) is 5.76 Å². The molecule has 3 aromatic heterocycles. The monoisotopic (exact) mass is 395 g/mol. The number of nitrogens with zero attached hydrogens (tertiary/aromatic N) is 5. The minimum absolute atomic E-state index is 0.123. The molecule has 1 fully saturated rings. The van der Waals surface area contributed by atoms with Crippen LogP contribution in [0.4, 0.5) is 4.39 Å². The van der Waals surface area contributed by atoms with Crippen molar-refractivity contribution in [2.24, 2.45) is 0 Å². The third-order valence-electron chi connectivity index (χ3n) is 4.96. The Balaban J connectivity index is 1.26. The Bertz CT molecular complexity index is 1070. The van der Waals surface area contributed by atoms with Crippen LogP contribution in [-0.2, 0) is 6.54 Å². The topological polar surface area (TPSA) is 94.2 Å². The molecule has 8 nitrogen and oxygen atoms in total. The lowest BCUT2D eigenvalue weighted by Gasteiger charge is -2.29. The highest BCUT2D eigenvalue weighted by Gasteiger charge is 2.27. The Kier molecular flexibility index (Phi) is 4.65. The lowest BCUT2D eigenvalue weighted by Crippen LogP contribution is -2.34. The summed E-state index contributed by atoms with van der Waals surface area (Å²) in [4.78, 5) is 6.75. The second-order valence-corrected chi connectivity index (χ2v) is 7.02. The zero-order chi connectivity index (χ0) is 19.6. The highest BCUT2D eigenvalue weighted by Crippen LogP contribution is 2.28. The van der Waals surface area contributed by atoms with Crippen molar-refractivity contribution in [1.29, 1.82) is 0 Å². The van der Waals surface area contributed by atoms with E-state index in [0.29, 0.717) is 35.8 Å². The molecule has 0 aliphatic carbocycles. The Morgan fingerprint density at radius 3 is 2.86 bits per heavy atom. The van der Waals surface area contributed by atoms with Gasteiger partial charge in [0, 0.05) is 12.1 Å². The van der Waals surface area contributed by atoms with Gasteiger partial charge in [-0.15, -0.1) is 10.2 Å². The van der Waals surface area contributed by atoms with Gasteiger partial charge in [-0.25, -0.2) is 4.39 Å².